The quantitative estimate of drug-likeness (QED) is 0.619. The van der Waals surface area contributed by atoms with Crippen molar-refractivity contribution in [2.24, 2.45) is 0 Å². The lowest BCUT2D eigenvalue weighted by atomic mass is 10.1. The van der Waals surface area contributed by atoms with Gasteiger partial charge in [-0.3, -0.25) is 0 Å². The third-order valence-electron chi connectivity index (χ3n) is 2.90. The molecule has 0 radical (unpaired) electrons. The fourth-order valence-electron chi connectivity index (χ4n) is 1.78. The van der Waals surface area contributed by atoms with Crippen LogP contribution in [0, 0.1) is 13.8 Å². The van der Waals surface area contributed by atoms with E-state index in [1.807, 2.05) is 23.5 Å². The lowest BCUT2D eigenvalue weighted by molar-refractivity contribution is 0.410. The van der Waals surface area contributed by atoms with Gasteiger partial charge in [0.2, 0.25) is 0 Å². The van der Waals surface area contributed by atoms with Crippen LogP contribution >= 0.6 is 43.2 Å². The lowest BCUT2D eigenvalue weighted by Gasteiger charge is -2.13. The van der Waals surface area contributed by atoms with E-state index >= 15 is 0 Å². The molecular weight excluding hydrogens is 376 g/mol. The molecule has 18 heavy (non-hydrogen) atoms. The zero-order chi connectivity index (χ0) is 13.3. The highest BCUT2D eigenvalue weighted by atomic mass is 79.9. The predicted molar refractivity (Wildman–Crippen MR) is 85.3 cm³/mol. The molecule has 0 bridgehead atoms. The molecule has 2 aromatic rings. The van der Waals surface area contributed by atoms with E-state index in [0.29, 0.717) is 0 Å². The normalized spacial score (nSPS) is 12.5. The SMILES string of the molecule is COc1ccc(Br)cc1C(Br)c1cc(C)c(C)s1. The van der Waals surface area contributed by atoms with Crippen molar-refractivity contribution in [1.82, 2.24) is 0 Å². The fourth-order valence-corrected chi connectivity index (χ4v) is 3.97. The Kier molecular flexibility index (Phi) is 4.51. The molecule has 1 heterocycles. The number of benzene rings is 1. The molecule has 0 aliphatic heterocycles. The molecule has 0 spiro atoms. The first-order valence-electron chi connectivity index (χ1n) is 5.57. The molecule has 1 unspecified atom stereocenters. The van der Waals surface area contributed by atoms with Gasteiger partial charge in [-0.15, -0.1) is 11.3 Å². The van der Waals surface area contributed by atoms with Gasteiger partial charge in [0, 0.05) is 19.8 Å². The molecule has 0 fully saturated rings. The largest absolute Gasteiger partial charge is 0.496 e. The van der Waals surface area contributed by atoms with Gasteiger partial charge in [0.1, 0.15) is 5.75 Å². The first kappa shape index (κ1) is 14.1. The third kappa shape index (κ3) is 2.81. The zero-order valence-electron chi connectivity index (χ0n) is 10.5. The highest BCUT2D eigenvalue weighted by Gasteiger charge is 2.18. The van der Waals surface area contributed by atoms with E-state index < -0.39 is 0 Å². The molecule has 0 saturated carbocycles. The summed E-state index contributed by atoms with van der Waals surface area (Å²) < 4.78 is 6.50. The highest BCUT2D eigenvalue weighted by molar-refractivity contribution is 9.10. The van der Waals surface area contributed by atoms with E-state index in [9.17, 15) is 0 Å². The molecule has 0 saturated heterocycles. The molecule has 0 aliphatic carbocycles. The first-order chi connectivity index (χ1) is 8.52. The number of ether oxygens (including phenoxy) is 1. The number of methoxy groups -OCH3 is 1. The van der Waals surface area contributed by atoms with Crippen molar-refractivity contribution in [3.05, 3.63) is 49.6 Å². The molecule has 2 rings (SSSR count). The van der Waals surface area contributed by atoms with Crippen molar-refractivity contribution in [3.63, 3.8) is 0 Å². The van der Waals surface area contributed by atoms with Crippen molar-refractivity contribution >= 4 is 43.2 Å². The molecule has 1 nitrogen and oxygen atoms in total. The van der Waals surface area contributed by atoms with Gasteiger partial charge in [0.15, 0.2) is 0 Å². The first-order valence-corrected chi connectivity index (χ1v) is 8.10. The summed E-state index contributed by atoms with van der Waals surface area (Å²) in [6.45, 7) is 4.30. The second kappa shape index (κ2) is 5.76. The van der Waals surface area contributed by atoms with Gasteiger partial charge in [-0.25, -0.2) is 0 Å². The van der Waals surface area contributed by atoms with Crippen LogP contribution in [0.1, 0.15) is 25.7 Å². The van der Waals surface area contributed by atoms with Crippen LogP contribution < -0.4 is 4.74 Å². The van der Waals surface area contributed by atoms with Crippen LogP contribution in [0.15, 0.2) is 28.7 Å². The van der Waals surface area contributed by atoms with Crippen LogP contribution in [0.2, 0.25) is 0 Å². The Morgan fingerprint density at radius 3 is 2.50 bits per heavy atom. The van der Waals surface area contributed by atoms with Gasteiger partial charge in [-0.2, -0.15) is 0 Å². The monoisotopic (exact) mass is 388 g/mol. The van der Waals surface area contributed by atoms with Crippen LogP contribution in [0.4, 0.5) is 0 Å². The Hall–Kier alpha value is -0.320. The topological polar surface area (TPSA) is 9.23 Å². The van der Waals surface area contributed by atoms with Gasteiger partial charge < -0.3 is 4.74 Å². The van der Waals surface area contributed by atoms with E-state index in [4.69, 9.17) is 4.74 Å². The Bertz CT molecular complexity index is 543. The van der Waals surface area contributed by atoms with Gasteiger partial charge in [0.25, 0.3) is 0 Å². The molecule has 4 heteroatoms. The number of alkyl halides is 1. The van der Waals surface area contributed by atoms with Gasteiger partial charge >= 0.3 is 0 Å². The van der Waals surface area contributed by atoms with E-state index in [0.717, 1.165) is 15.8 Å². The van der Waals surface area contributed by atoms with Crippen LogP contribution in [-0.4, -0.2) is 7.11 Å². The summed E-state index contributed by atoms with van der Waals surface area (Å²) in [5.74, 6) is 0.906. The standard InChI is InChI=1S/C14H14Br2OS/c1-8-6-13(18-9(8)2)14(16)11-7-10(15)4-5-12(11)17-3/h4-7,14H,1-3H3. The summed E-state index contributed by atoms with van der Waals surface area (Å²) >= 11 is 9.11. The summed E-state index contributed by atoms with van der Waals surface area (Å²) in [7, 11) is 1.71. The number of halogens is 2. The molecule has 1 aromatic carbocycles. The summed E-state index contributed by atoms with van der Waals surface area (Å²) in [6, 6.07) is 8.32. The maximum absolute atomic E-state index is 5.43. The van der Waals surface area contributed by atoms with E-state index in [2.05, 4.69) is 57.8 Å². The minimum Gasteiger partial charge on any atom is -0.496 e. The Morgan fingerprint density at radius 2 is 1.94 bits per heavy atom. The van der Waals surface area contributed by atoms with Crippen molar-refractivity contribution in [2.75, 3.05) is 7.11 Å². The third-order valence-corrected chi connectivity index (χ3v) is 5.90. The number of aryl methyl sites for hydroxylation is 2. The minimum atomic E-state index is 0.169. The molecule has 0 aliphatic rings. The summed E-state index contributed by atoms with van der Waals surface area (Å²) in [5.41, 5.74) is 2.49. The average molecular weight is 390 g/mol. The van der Waals surface area contributed by atoms with Crippen LogP contribution in [0.5, 0.6) is 5.75 Å². The number of thiophene rings is 1. The summed E-state index contributed by atoms with van der Waals surface area (Å²) in [5, 5.41) is 0. The second-order valence-electron chi connectivity index (χ2n) is 4.14. The van der Waals surface area contributed by atoms with Crippen LogP contribution in [-0.2, 0) is 0 Å². The summed E-state index contributed by atoms with van der Waals surface area (Å²) in [4.78, 5) is 2.84. The van der Waals surface area contributed by atoms with Gasteiger partial charge in [-0.05, 0) is 43.7 Å². The van der Waals surface area contributed by atoms with Gasteiger partial charge in [-0.1, -0.05) is 31.9 Å². The number of hydrogen-bond donors (Lipinski definition) is 0. The predicted octanol–water partition coefficient (Wildman–Crippen LogP) is 5.62. The van der Waals surface area contributed by atoms with Crippen molar-refractivity contribution < 1.29 is 4.74 Å². The van der Waals surface area contributed by atoms with Crippen molar-refractivity contribution in [3.8, 4) is 5.75 Å². The average Bonchev–Trinajstić information content (AvgIpc) is 2.68. The van der Waals surface area contributed by atoms with Crippen LogP contribution in [0.3, 0.4) is 0 Å². The molecule has 0 N–H and O–H groups in total. The summed E-state index contributed by atoms with van der Waals surface area (Å²) in [6.07, 6.45) is 0. The van der Waals surface area contributed by atoms with Crippen molar-refractivity contribution in [1.29, 1.82) is 0 Å². The van der Waals surface area contributed by atoms with Crippen LogP contribution in [0.25, 0.3) is 0 Å². The highest BCUT2D eigenvalue weighted by Crippen LogP contribution is 2.41. The minimum absolute atomic E-state index is 0.169. The second-order valence-corrected chi connectivity index (χ2v) is 7.26. The zero-order valence-corrected chi connectivity index (χ0v) is 14.4. The Balaban J connectivity index is 2.44. The van der Waals surface area contributed by atoms with Gasteiger partial charge in [0.05, 0.1) is 11.9 Å². The molecule has 1 atom stereocenters. The maximum atomic E-state index is 5.43. The lowest BCUT2D eigenvalue weighted by Crippen LogP contribution is -1.95. The molecule has 96 valence electrons. The Morgan fingerprint density at radius 1 is 1.22 bits per heavy atom. The van der Waals surface area contributed by atoms with Crippen molar-refractivity contribution in [2.45, 2.75) is 18.7 Å². The number of hydrogen-bond acceptors (Lipinski definition) is 2. The Labute approximate surface area is 128 Å². The fraction of sp³-hybridized carbons (Fsp3) is 0.286. The maximum Gasteiger partial charge on any atom is 0.123 e. The molecule has 0 amide bonds. The molecular formula is C14H14Br2OS. The van der Waals surface area contributed by atoms with E-state index in [1.54, 1.807) is 7.11 Å². The van der Waals surface area contributed by atoms with E-state index in [-0.39, 0.29) is 4.83 Å². The smallest absolute Gasteiger partial charge is 0.123 e. The van der Waals surface area contributed by atoms with E-state index in [1.165, 1.54) is 15.3 Å². The molecule has 1 aromatic heterocycles. The number of rotatable bonds is 3.